The molecule has 0 bridgehead atoms. The highest BCUT2D eigenvalue weighted by atomic mass is 32.2. The van der Waals surface area contributed by atoms with E-state index in [0.29, 0.717) is 6.04 Å². The monoisotopic (exact) mass is 179 g/mol. The Morgan fingerprint density at radius 1 is 1.40 bits per heavy atom. The van der Waals surface area contributed by atoms with Crippen molar-refractivity contribution in [1.29, 1.82) is 0 Å². The molecule has 1 aliphatic rings. The van der Waals surface area contributed by atoms with Crippen molar-refractivity contribution in [2.24, 2.45) is 0 Å². The van der Waals surface area contributed by atoms with Gasteiger partial charge in [-0.3, -0.25) is 0 Å². The van der Waals surface area contributed by atoms with Gasteiger partial charge in [-0.1, -0.05) is 23.9 Å². The first-order valence-corrected chi connectivity index (χ1v) is 5.55. The molecule has 60 valence electrons. The molecule has 0 amide bonds. The molecule has 0 radical (unpaired) electrons. The number of nitrogens with zero attached hydrogens (tertiary/aromatic N) is 2. The second kappa shape index (κ2) is 3.82. The lowest BCUT2D eigenvalue weighted by Crippen LogP contribution is -2.32. The zero-order valence-corrected chi connectivity index (χ0v) is 8.13. The van der Waals surface area contributed by atoms with Crippen LogP contribution in [-0.2, 0) is 0 Å². The van der Waals surface area contributed by atoms with Crippen LogP contribution in [0.4, 0.5) is 0 Å². The Kier molecular flexibility index (Phi) is 3.32. The van der Waals surface area contributed by atoms with Crippen LogP contribution in [0.2, 0.25) is 0 Å². The van der Waals surface area contributed by atoms with Crippen LogP contribution in [0.3, 0.4) is 0 Å². The van der Waals surface area contributed by atoms with Gasteiger partial charge >= 0.3 is 0 Å². The molecule has 1 unspecified atom stereocenters. The first-order chi connectivity index (χ1) is 4.77. The van der Waals surface area contributed by atoms with Crippen molar-refractivity contribution in [3.05, 3.63) is 0 Å². The smallest absolute Gasteiger partial charge is 0.0494 e. The molecule has 0 aliphatic carbocycles. The van der Waals surface area contributed by atoms with Crippen LogP contribution in [0, 0.1) is 0 Å². The molecule has 1 rings (SSSR count). The number of nitrogens with one attached hydrogen (secondary N) is 1. The molecule has 1 heterocycles. The quantitative estimate of drug-likeness (QED) is 0.635. The molecule has 0 spiro atoms. The topological polar surface area (TPSA) is 18.5 Å². The third-order valence-electron chi connectivity index (χ3n) is 1.46. The molecule has 0 saturated carbocycles. The fraction of sp³-hybridized carbons (Fsp3) is 1.00. The molecule has 1 N–H and O–H groups in total. The van der Waals surface area contributed by atoms with Crippen LogP contribution in [0.25, 0.3) is 0 Å². The maximum Gasteiger partial charge on any atom is 0.0494 e. The molecular formula is C5H13N3S2. The van der Waals surface area contributed by atoms with E-state index in [9.17, 15) is 0 Å². The minimum atomic E-state index is 0.599. The van der Waals surface area contributed by atoms with Crippen molar-refractivity contribution in [3.63, 3.8) is 0 Å². The van der Waals surface area contributed by atoms with E-state index < -0.39 is 0 Å². The number of hydrazine groups is 2. The summed E-state index contributed by atoms with van der Waals surface area (Å²) in [6, 6.07) is 0.599. The largest absolute Gasteiger partial charge is 0.172 e. The lowest BCUT2D eigenvalue weighted by molar-refractivity contribution is 0.303. The van der Waals surface area contributed by atoms with Gasteiger partial charge in [0.05, 0.1) is 0 Å². The van der Waals surface area contributed by atoms with Gasteiger partial charge < -0.3 is 0 Å². The highest BCUT2D eigenvalue weighted by molar-refractivity contribution is 7.97. The summed E-state index contributed by atoms with van der Waals surface area (Å²) in [5.41, 5.74) is 3.23. The van der Waals surface area contributed by atoms with Gasteiger partial charge in [0.15, 0.2) is 0 Å². The summed E-state index contributed by atoms with van der Waals surface area (Å²) in [6.07, 6.45) is 4.15. The Balaban J connectivity index is 2.36. The van der Waals surface area contributed by atoms with E-state index in [-0.39, 0.29) is 0 Å². The fourth-order valence-corrected chi connectivity index (χ4v) is 2.09. The summed E-state index contributed by atoms with van der Waals surface area (Å²) >= 11 is 3.45. The minimum Gasteiger partial charge on any atom is -0.172 e. The van der Waals surface area contributed by atoms with Crippen LogP contribution in [0.15, 0.2) is 0 Å². The lowest BCUT2D eigenvalue weighted by atomic mass is 10.4. The molecule has 0 aromatic carbocycles. The first kappa shape index (κ1) is 8.67. The standard InChI is InChI=1S/C5H13N3S2/c1-5-4-7(9-2)6-8(5)10-3/h5-6H,4H2,1-3H3. The second-order valence-corrected chi connectivity index (χ2v) is 3.77. The zero-order valence-electron chi connectivity index (χ0n) is 6.50. The van der Waals surface area contributed by atoms with Gasteiger partial charge in [-0.25, -0.2) is 0 Å². The molecule has 0 aromatic heterocycles. The van der Waals surface area contributed by atoms with Crippen LogP contribution < -0.4 is 5.53 Å². The summed E-state index contributed by atoms with van der Waals surface area (Å²) in [7, 11) is 0. The van der Waals surface area contributed by atoms with E-state index in [1.54, 1.807) is 23.9 Å². The predicted molar refractivity (Wildman–Crippen MR) is 48.2 cm³/mol. The summed E-state index contributed by atoms with van der Waals surface area (Å²) in [5.74, 6) is 0. The normalized spacial score (nSPS) is 29.7. The maximum absolute atomic E-state index is 3.23. The van der Waals surface area contributed by atoms with Crippen molar-refractivity contribution in [2.45, 2.75) is 13.0 Å². The first-order valence-electron chi connectivity index (χ1n) is 3.19. The predicted octanol–water partition coefficient (Wildman–Crippen LogP) is 0.968. The molecule has 1 atom stereocenters. The molecule has 1 aliphatic heterocycles. The second-order valence-electron chi connectivity index (χ2n) is 2.20. The van der Waals surface area contributed by atoms with Crippen molar-refractivity contribution < 1.29 is 0 Å². The van der Waals surface area contributed by atoms with Gasteiger partial charge in [-0.05, 0) is 19.4 Å². The average Bonchev–Trinajstić information content (AvgIpc) is 2.30. The Morgan fingerprint density at radius 2 is 2.10 bits per heavy atom. The van der Waals surface area contributed by atoms with Crippen LogP contribution >= 0.6 is 23.9 Å². The van der Waals surface area contributed by atoms with E-state index in [1.165, 1.54) is 0 Å². The zero-order chi connectivity index (χ0) is 7.56. The van der Waals surface area contributed by atoms with Gasteiger partial charge in [0, 0.05) is 12.6 Å². The van der Waals surface area contributed by atoms with Crippen molar-refractivity contribution in [3.8, 4) is 0 Å². The lowest BCUT2D eigenvalue weighted by Gasteiger charge is -2.16. The van der Waals surface area contributed by atoms with E-state index in [2.05, 4.69) is 33.8 Å². The third kappa shape index (κ3) is 1.79. The van der Waals surface area contributed by atoms with E-state index in [1.807, 2.05) is 0 Å². The number of hydrogen-bond acceptors (Lipinski definition) is 5. The molecular weight excluding hydrogens is 166 g/mol. The fourth-order valence-electron chi connectivity index (χ4n) is 0.900. The maximum atomic E-state index is 3.23. The van der Waals surface area contributed by atoms with Crippen LogP contribution in [0.1, 0.15) is 6.92 Å². The minimum absolute atomic E-state index is 0.599. The van der Waals surface area contributed by atoms with Crippen LogP contribution in [0.5, 0.6) is 0 Å². The number of rotatable bonds is 2. The Morgan fingerprint density at radius 3 is 2.40 bits per heavy atom. The Bertz CT molecular complexity index is 111. The van der Waals surface area contributed by atoms with E-state index >= 15 is 0 Å². The molecule has 10 heavy (non-hydrogen) atoms. The summed E-state index contributed by atoms with van der Waals surface area (Å²) in [4.78, 5) is 0. The molecule has 3 nitrogen and oxygen atoms in total. The molecule has 0 aromatic rings. The summed E-state index contributed by atoms with van der Waals surface area (Å²) in [6.45, 7) is 3.29. The summed E-state index contributed by atoms with van der Waals surface area (Å²) < 4.78 is 4.28. The Hall–Kier alpha value is 0.580. The number of hydrogen-bond donors (Lipinski definition) is 1. The van der Waals surface area contributed by atoms with Crippen LogP contribution in [-0.4, -0.2) is 33.9 Å². The van der Waals surface area contributed by atoms with E-state index in [4.69, 9.17) is 0 Å². The molecule has 1 fully saturated rings. The third-order valence-corrected chi connectivity index (χ3v) is 2.96. The Labute approximate surface area is 70.7 Å². The van der Waals surface area contributed by atoms with E-state index in [0.717, 1.165) is 6.54 Å². The highest BCUT2D eigenvalue weighted by Gasteiger charge is 2.25. The SMILES string of the molecule is CSN1CC(C)N(SC)N1. The summed E-state index contributed by atoms with van der Waals surface area (Å²) in [5, 5.41) is 0. The van der Waals surface area contributed by atoms with Crippen molar-refractivity contribution in [1.82, 2.24) is 14.4 Å². The van der Waals surface area contributed by atoms with Gasteiger partial charge in [0.2, 0.25) is 0 Å². The molecule has 5 heteroatoms. The van der Waals surface area contributed by atoms with Crippen molar-refractivity contribution >= 4 is 23.9 Å². The average molecular weight is 179 g/mol. The highest BCUT2D eigenvalue weighted by Crippen LogP contribution is 2.18. The van der Waals surface area contributed by atoms with Gasteiger partial charge in [-0.15, -0.1) is 0 Å². The van der Waals surface area contributed by atoms with Gasteiger partial charge in [0.25, 0.3) is 0 Å². The molecule has 1 saturated heterocycles. The van der Waals surface area contributed by atoms with Crippen molar-refractivity contribution in [2.75, 3.05) is 19.1 Å². The van der Waals surface area contributed by atoms with Gasteiger partial charge in [-0.2, -0.15) is 14.4 Å². The van der Waals surface area contributed by atoms with Gasteiger partial charge in [0.1, 0.15) is 0 Å².